The van der Waals surface area contributed by atoms with Gasteiger partial charge in [0.25, 0.3) is 0 Å². The molecule has 3 aromatic rings. The van der Waals surface area contributed by atoms with Gasteiger partial charge in [-0.1, -0.05) is 0 Å². The molecule has 4 rings (SSSR count). The molecule has 0 amide bonds. The quantitative estimate of drug-likeness (QED) is 0.767. The zero-order valence-electron chi connectivity index (χ0n) is 13.7. The minimum absolute atomic E-state index is 0.263. The third-order valence-corrected chi connectivity index (χ3v) is 4.45. The minimum atomic E-state index is -0.263. The highest BCUT2D eigenvalue weighted by Crippen LogP contribution is 2.29. The number of hydrogen-bond acceptors (Lipinski definition) is 5. The minimum Gasteiger partial charge on any atom is -0.384 e. The highest BCUT2D eigenvalue weighted by Gasteiger charge is 2.22. The number of benzene rings is 1. The molecule has 1 aliphatic heterocycles. The van der Waals surface area contributed by atoms with Crippen molar-refractivity contribution in [2.24, 2.45) is 0 Å². The molecule has 0 unspecified atom stereocenters. The second-order valence-corrected chi connectivity index (χ2v) is 6.15. The van der Waals surface area contributed by atoms with Gasteiger partial charge < -0.3 is 15.6 Å². The van der Waals surface area contributed by atoms with Crippen molar-refractivity contribution in [3.8, 4) is 22.9 Å². The molecule has 3 heterocycles. The summed E-state index contributed by atoms with van der Waals surface area (Å²) >= 11 is 0. The third-order valence-electron chi connectivity index (χ3n) is 4.45. The fraction of sp³-hybridized carbons (Fsp3) is 0.278. The average molecular weight is 338 g/mol. The maximum Gasteiger partial charge on any atom is 0.197 e. The molecule has 1 fully saturated rings. The first-order valence-corrected chi connectivity index (χ1v) is 8.35. The summed E-state index contributed by atoms with van der Waals surface area (Å²) in [6.45, 7) is 1.93. The van der Waals surface area contributed by atoms with Crippen LogP contribution in [-0.4, -0.2) is 32.6 Å². The lowest BCUT2D eigenvalue weighted by molar-refractivity contribution is 0.370. The summed E-state index contributed by atoms with van der Waals surface area (Å²) < 4.78 is 15.4. The molecular weight excluding hydrogens is 319 g/mol. The van der Waals surface area contributed by atoms with Crippen LogP contribution in [-0.2, 0) is 0 Å². The molecule has 25 heavy (non-hydrogen) atoms. The average Bonchev–Trinajstić information content (AvgIpc) is 3.08. The van der Waals surface area contributed by atoms with Crippen molar-refractivity contribution >= 4 is 5.82 Å². The van der Waals surface area contributed by atoms with E-state index >= 15 is 0 Å². The Hall–Kier alpha value is -2.80. The summed E-state index contributed by atoms with van der Waals surface area (Å²) in [5.41, 5.74) is 7.46. The topological polar surface area (TPSA) is 81.6 Å². The van der Waals surface area contributed by atoms with Gasteiger partial charge in [0.1, 0.15) is 11.6 Å². The number of piperidine rings is 1. The molecule has 0 spiro atoms. The van der Waals surface area contributed by atoms with Crippen LogP contribution in [0, 0.1) is 5.82 Å². The number of hydrogen-bond donors (Lipinski definition) is 2. The van der Waals surface area contributed by atoms with Crippen molar-refractivity contribution in [2.45, 2.75) is 18.9 Å². The summed E-state index contributed by atoms with van der Waals surface area (Å²) in [4.78, 5) is 13.4. The fourth-order valence-electron chi connectivity index (χ4n) is 3.16. The van der Waals surface area contributed by atoms with Gasteiger partial charge in [0.2, 0.25) is 0 Å². The van der Waals surface area contributed by atoms with Crippen molar-refractivity contribution in [1.29, 1.82) is 0 Å². The lowest BCUT2D eigenvalue weighted by atomic mass is 10.1. The van der Waals surface area contributed by atoms with Gasteiger partial charge in [-0.2, -0.15) is 0 Å². The number of halogens is 1. The molecule has 0 bridgehead atoms. The standard InChI is InChI=1S/C18H19FN6/c19-13-3-1-12(2-4-13)15-11-25(14-5-8-21-9-6-14)18(23-15)17-22-10-7-16(20)24-17/h1-4,7,10-11,14,21H,5-6,8-9H2,(H2,20,22,24). The number of aromatic nitrogens is 4. The Bertz CT molecular complexity index is 868. The van der Waals surface area contributed by atoms with E-state index in [0.29, 0.717) is 23.5 Å². The van der Waals surface area contributed by atoms with Crippen molar-refractivity contribution in [3.05, 3.63) is 48.5 Å². The van der Waals surface area contributed by atoms with Crippen LogP contribution in [0.1, 0.15) is 18.9 Å². The highest BCUT2D eigenvalue weighted by atomic mass is 19.1. The highest BCUT2D eigenvalue weighted by molar-refractivity contribution is 5.62. The summed E-state index contributed by atoms with van der Waals surface area (Å²) in [7, 11) is 0. The summed E-state index contributed by atoms with van der Waals surface area (Å²) in [6, 6.07) is 8.32. The first kappa shape index (κ1) is 15.7. The Morgan fingerprint density at radius 1 is 1.08 bits per heavy atom. The van der Waals surface area contributed by atoms with Crippen LogP contribution in [0.4, 0.5) is 10.2 Å². The molecule has 1 saturated heterocycles. The van der Waals surface area contributed by atoms with Crippen molar-refractivity contribution in [3.63, 3.8) is 0 Å². The van der Waals surface area contributed by atoms with E-state index in [0.717, 1.165) is 37.2 Å². The van der Waals surface area contributed by atoms with Crippen LogP contribution in [0.3, 0.4) is 0 Å². The lowest BCUT2D eigenvalue weighted by Gasteiger charge is -2.25. The van der Waals surface area contributed by atoms with Crippen molar-refractivity contribution in [2.75, 3.05) is 18.8 Å². The largest absolute Gasteiger partial charge is 0.384 e. The Morgan fingerprint density at radius 2 is 1.84 bits per heavy atom. The van der Waals surface area contributed by atoms with Gasteiger partial charge in [0.15, 0.2) is 11.6 Å². The SMILES string of the molecule is Nc1ccnc(-c2nc(-c3ccc(F)cc3)cn2C2CCNCC2)n1. The second kappa shape index (κ2) is 6.60. The molecule has 0 aliphatic carbocycles. The maximum atomic E-state index is 13.2. The van der Waals surface area contributed by atoms with Gasteiger partial charge in [-0.3, -0.25) is 0 Å². The van der Waals surface area contributed by atoms with Gasteiger partial charge in [0, 0.05) is 24.0 Å². The number of nitrogens with two attached hydrogens (primary N) is 1. The van der Waals surface area contributed by atoms with Gasteiger partial charge in [-0.15, -0.1) is 0 Å². The number of nitrogens with one attached hydrogen (secondary N) is 1. The van der Waals surface area contributed by atoms with E-state index in [-0.39, 0.29) is 5.82 Å². The van der Waals surface area contributed by atoms with E-state index in [1.54, 1.807) is 24.4 Å². The molecule has 128 valence electrons. The summed E-state index contributed by atoms with van der Waals surface area (Å²) in [5, 5.41) is 3.37. The number of nitrogen functional groups attached to an aromatic ring is 1. The fourth-order valence-corrected chi connectivity index (χ4v) is 3.16. The van der Waals surface area contributed by atoms with E-state index < -0.39 is 0 Å². The Morgan fingerprint density at radius 3 is 2.56 bits per heavy atom. The van der Waals surface area contributed by atoms with Crippen molar-refractivity contribution in [1.82, 2.24) is 24.8 Å². The normalized spacial score (nSPS) is 15.4. The van der Waals surface area contributed by atoms with Gasteiger partial charge in [-0.05, 0) is 56.3 Å². The van der Waals surface area contributed by atoms with E-state index in [9.17, 15) is 4.39 Å². The number of nitrogens with zero attached hydrogens (tertiary/aromatic N) is 4. The summed E-state index contributed by atoms with van der Waals surface area (Å²) in [6.07, 6.45) is 5.66. The first-order chi connectivity index (χ1) is 12.2. The van der Waals surface area contributed by atoms with Crippen LogP contribution in [0.25, 0.3) is 22.9 Å². The number of anilines is 1. The zero-order chi connectivity index (χ0) is 17.2. The molecule has 1 aliphatic rings. The molecular formula is C18H19FN6. The van der Waals surface area contributed by atoms with E-state index in [1.807, 2.05) is 6.20 Å². The predicted octanol–water partition coefficient (Wildman–Crippen LogP) is 2.65. The molecule has 3 N–H and O–H groups in total. The lowest BCUT2D eigenvalue weighted by Crippen LogP contribution is -2.29. The first-order valence-electron chi connectivity index (χ1n) is 8.35. The molecule has 0 saturated carbocycles. The van der Waals surface area contributed by atoms with Crippen molar-refractivity contribution < 1.29 is 4.39 Å². The second-order valence-electron chi connectivity index (χ2n) is 6.15. The van der Waals surface area contributed by atoms with Gasteiger partial charge in [-0.25, -0.2) is 19.3 Å². The maximum absolute atomic E-state index is 13.2. The van der Waals surface area contributed by atoms with E-state index in [4.69, 9.17) is 10.7 Å². The molecule has 2 aromatic heterocycles. The third kappa shape index (κ3) is 3.23. The van der Waals surface area contributed by atoms with Crippen LogP contribution in [0.15, 0.2) is 42.7 Å². The summed E-state index contributed by atoms with van der Waals surface area (Å²) in [5.74, 6) is 1.35. The molecule has 0 radical (unpaired) electrons. The Kier molecular flexibility index (Phi) is 4.15. The van der Waals surface area contributed by atoms with Crippen LogP contribution in [0.2, 0.25) is 0 Å². The number of rotatable bonds is 3. The Labute approximate surface area is 144 Å². The molecule has 1 aromatic carbocycles. The Balaban J connectivity index is 1.81. The monoisotopic (exact) mass is 338 g/mol. The molecule has 6 nitrogen and oxygen atoms in total. The zero-order valence-corrected chi connectivity index (χ0v) is 13.7. The van der Waals surface area contributed by atoms with Crippen LogP contribution in [0.5, 0.6) is 0 Å². The smallest absolute Gasteiger partial charge is 0.197 e. The molecule has 7 heteroatoms. The van der Waals surface area contributed by atoms with E-state index in [1.165, 1.54) is 12.1 Å². The van der Waals surface area contributed by atoms with E-state index in [2.05, 4.69) is 19.9 Å². The predicted molar refractivity (Wildman–Crippen MR) is 94.2 cm³/mol. The van der Waals surface area contributed by atoms with Crippen LogP contribution < -0.4 is 11.1 Å². The van der Waals surface area contributed by atoms with Gasteiger partial charge in [0.05, 0.1) is 5.69 Å². The number of imidazole rings is 1. The van der Waals surface area contributed by atoms with Crippen LogP contribution >= 0.6 is 0 Å². The molecule has 0 atom stereocenters. The van der Waals surface area contributed by atoms with Gasteiger partial charge >= 0.3 is 0 Å².